The van der Waals surface area contributed by atoms with Crippen molar-refractivity contribution in [3.63, 3.8) is 0 Å². The molecule has 1 heterocycles. The molecule has 1 amide bonds. The summed E-state index contributed by atoms with van der Waals surface area (Å²) in [5, 5.41) is 3.93. The van der Waals surface area contributed by atoms with Crippen LogP contribution in [0.4, 0.5) is 5.69 Å². The molecule has 3 rings (SSSR count). The molecule has 29 heavy (non-hydrogen) atoms. The number of carbonyl (C=O) groups excluding carboxylic acids is 1. The zero-order valence-corrected chi connectivity index (χ0v) is 17.2. The number of anilines is 1. The Kier molecular flexibility index (Phi) is 6.58. The van der Waals surface area contributed by atoms with Gasteiger partial charge in [0.2, 0.25) is 0 Å². The summed E-state index contributed by atoms with van der Waals surface area (Å²) in [6, 6.07) is 15.5. The van der Waals surface area contributed by atoms with Crippen LogP contribution in [0.15, 0.2) is 81.3 Å². The number of furan rings is 1. The van der Waals surface area contributed by atoms with Gasteiger partial charge in [0.15, 0.2) is 0 Å². The lowest BCUT2D eigenvalue weighted by Crippen LogP contribution is -2.39. The van der Waals surface area contributed by atoms with E-state index in [0.29, 0.717) is 5.76 Å². The Morgan fingerprint density at radius 1 is 1.07 bits per heavy atom. The van der Waals surface area contributed by atoms with Crippen LogP contribution in [0.1, 0.15) is 5.76 Å². The van der Waals surface area contributed by atoms with Crippen molar-refractivity contribution in [3.8, 4) is 0 Å². The van der Waals surface area contributed by atoms with E-state index in [0.717, 1.165) is 4.31 Å². The zero-order valence-electron chi connectivity index (χ0n) is 14.8. The minimum Gasteiger partial charge on any atom is -0.463 e. The molecule has 0 aliphatic carbocycles. The van der Waals surface area contributed by atoms with Crippen LogP contribution in [0.5, 0.6) is 0 Å². The molecule has 150 valence electrons. The molecular formula is C19H15Cl2N3O4S. The van der Waals surface area contributed by atoms with Crippen molar-refractivity contribution in [1.29, 1.82) is 0 Å². The van der Waals surface area contributed by atoms with E-state index in [1.807, 2.05) is 0 Å². The molecule has 0 unspecified atom stereocenters. The first-order chi connectivity index (χ1) is 13.9. The Hall–Kier alpha value is -2.81. The summed E-state index contributed by atoms with van der Waals surface area (Å²) in [5.41, 5.74) is 2.34. The fourth-order valence-electron chi connectivity index (χ4n) is 2.40. The van der Waals surface area contributed by atoms with Gasteiger partial charge in [-0.05, 0) is 36.4 Å². The van der Waals surface area contributed by atoms with E-state index < -0.39 is 22.5 Å². The van der Waals surface area contributed by atoms with Crippen LogP contribution in [-0.2, 0) is 14.8 Å². The number of nitrogens with zero attached hydrogens (tertiary/aromatic N) is 2. The van der Waals surface area contributed by atoms with E-state index in [2.05, 4.69) is 10.5 Å². The molecule has 1 aromatic heterocycles. The summed E-state index contributed by atoms with van der Waals surface area (Å²) >= 11 is 12.3. The van der Waals surface area contributed by atoms with Gasteiger partial charge in [-0.1, -0.05) is 47.5 Å². The van der Waals surface area contributed by atoms with E-state index in [4.69, 9.17) is 27.6 Å². The fourth-order valence-corrected chi connectivity index (χ4v) is 4.30. The van der Waals surface area contributed by atoms with E-state index in [9.17, 15) is 13.2 Å². The summed E-state index contributed by atoms with van der Waals surface area (Å²) in [6.07, 6.45) is 2.75. The van der Waals surface area contributed by atoms with Gasteiger partial charge in [-0.2, -0.15) is 5.10 Å². The number of halogens is 2. The quantitative estimate of drug-likeness (QED) is 0.434. The highest BCUT2D eigenvalue weighted by Gasteiger charge is 2.29. The van der Waals surface area contributed by atoms with E-state index in [1.165, 1.54) is 36.7 Å². The Balaban J connectivity index is 1.91. The number of carbonyl (C=O) groups is 1. The molecule has 2 aromatic carbocycles. The number of hydrazone groups is 1. The number of amides is 1. The number of rotatable bonds is 7. The molecule has 0 radical (unpaired) electrons. The normalized spacial score (nSPS) is 11.5. The molecule has 1 N–H and O–H groups in total. The number of sulfonamides is 1. The third-order valence-electron chi connectivity index (χ3n) is 3.74. The first-order valence-corrected chi connectivity index (χ1v) is 10.5. The smallest absolute Gasteiger partial charge is 0.264 e. The van der Waals surface area contributed by atoms with Crippen molar-refractivity contribution in [2.24, 2.45) is 5.10 Å². The minimum atomic E-state index is -4.10. The summed E-state index contributed by atoms with van der Waals surface area (Å²) in [5.74, 6) is -0.250. The first-order valence-electron chi connectivity index (χ1n) is 8.27. The summed E-state index contributed by atoms with van der Waals surface area (Å²) < 4.78 is 32.3. The summed E-state index contributed by atoms with van der Waals surface area (Å²) in [7, 11) is -4.10. The predicted molar refractivity (Wildman–Crippen MR) is 112 cm³/mol. The molecule has 0 fully saturated rings. The molecule has 0 aliphatic rings. The zero-order chi connectivity index (χ0) is 20.9. The van der Waals surface area contributed by atoms with Crippen molar-refractivity contribution in [3.05, 3.63) is 82.7 Å². The van der Waals surface area contributed by atoms with Crippen molar-refractivity contribution in [1.82, 2.24) is 5.43 Å². The van der Waals surface area contributed by atoms with Gasteiger partial charge >= 0.3 is 0 Å². The molecule has 0 spiro atoms. The number of nitrogens with one attached hydrogen (secondary N) is 1. The predicted octanol–water partition coefficient (Wildman–Crippen LogP) is 3.93. The monoisotopic (exact) mass is 451 g/mol. The molecule has 0 aliphatic heterocycles. The van der Waals surface area contributed by atoms with Crippen LogP contribution in [0, 0.1) is 0 Å². The molecule has 3 aromatic rings. The molecule has 10 heteroatoms. The van der Waals surface area contributed by atoms with Gasteiger partial charge in [-0.3, -0.25) is 9.10 Å². The number of hydrogen-bond acceptors (Lipinski definition) is 5. The number of hydrogen-bond donors (Lipinski definition) is 1. The maximum atomic E-state index is 13.2. The average Bonchev–Trinajstić information content (AvgIpc) is 3.23. The van der Waals surface area contributed by atoms with Crippen LogP contribution in [0.3, 0.4) is 0 Å². The van der Waals surface area contributed by atoms with Gasteiger partial charge in [0.1, 0.15) is 12.3 Å². The highest BCUT2D eigenvalue weighted by Crippen LogP contribution is 2.35. The van der Waals surface area contributed by atoms with Gasteiger partial charge < -0.3 is 4.42 Å². The Morgan fingerprint density at radius 2 is 1.83 bits per heavy atom. The maximum absolute atomic E-state index is 13.2. The van der Waals surface area contributed by atoms with Gasteiger partial charge in [-0.25, -0.2) is 13.8 Å². The standard InChI is InChI=1S/C19H15Cl2N3O4S/c20-16-9-4-10-17(19(16)21)24(29(26,27)15-7-2-1-3-8-15)13-18(25)23-22-12-14-6-5-11-28-14/h1-12H,13H2,(H,23,25)/b22-12+. The molecule has 0 saturated carbocycles. The lowest BCUT2D eigenvalue weighted by Gasteiger charge is -2.24. The minimum absolute atomic E-state index is 0.00271. The van der Waals surface area contributed by atoms with Crippen LogP contribution in [-0.4, -0.2) is 27.1 Å². The third kappa shape index (κ3) is 4.97. The lowest BCUT2D eigenvalue weighted by atomic mass is 10.3. The second-order valence-electron chi connectivity index (χ2n) is 5.71. The van der Waals surface area contributed by atoms with Crippen molar-refractivity contribution in [2.45, 2.75) is 4.90 Å². The molecule has 0 atom stereocenters. The highest BCUT2D eigenvalue weighted by atomic mass is 35.5. The van der Waals surface area contributed by atoms with Gasteiger partial charge in [0, 0.05) is 0 Å². The van der Waals surface area contributed by atoms with Gasteiger partial charge in [0.25, 0.3) is 15.9 Å². The van der Waals surface area contributed by atoms with Crippen molar-refractivity contribution < 1.29 is 17.6 Å². The Bertz CT molecular complexity index is 1120. The summed E-state index contributed by atoms with van der Waals surface area (Å²) in [6.45, 7) is -0.563. The van der Waals surface area contributed by atoms with E-state index >= 15 is 0 Å². The maximum Gasteiger partial charge on any atom is 0.264 e. The molecular weight excluding hydrogens is 437 g/mol. The third-order valence-corrected chi connectivity index (χ3v) is 6.33. The topological polar surface area (TPSA) is 92.0 Å². The summed E-state index contributed by atoms with van der Waals surface area (Å²) in [4.78, 5) is 12.4. The highest BCUT2D eigenvalue weighted by molar-refractivity contribution is 7.92. The lowest BCUT2D eigenvalue weighted by molar-refractivity contribution is -0.119. The van der Waals surface area contributed by atoms with E-state index in [-0.39, 0.29) is 20.6 Å². The SMILES string of the molecule is O=C(CN(c1cccc(Cl)c1Cl)S(=O)(=O)c1ccccc1)N/N=C/c1ccco1. The van der Waals surface area contributed by atoms with Crippen molar-refractivity contribution in [2.75, 3.05) is 10.8 Å². The largest absolute Gasteiger partial charge is 0.463 e. The van der Waals surface area contributed by atoms with Crippen molar-refractivity contribution >= 4 is 51.0 Å². The first kappa shape index (κ1) is 20.9. The van der Waals surface area contributed by atoms with Crippen LogP contribution >= 0.6 is 23.2 Å². The van der Waals surface area contributed by atoms with E-state index in [1.54, 1.807) is 36.4 Å². The Labute approximate surface area is 177 Å². The van der Waals surface area contributed by atoms with Gasteiger partial charge in [0.05, 0.1) is 33.1 Å². The number of benzene rings is 2. The molecule has 0 bridgehead atoms. The molecule has 0 saturated heterocycles. The fraction of sp³-hybridized carbons (Fsp3) is 0.0526. The average molecular weight is 452 g/mol. The second kappa shape index (κ2) is 9.13. The van der Waals surface area contributed by atoms with Crippen LogP contribution in [0.25, 0.3) is 0 Å². The van der Waals surface area contributed by atoms with Crippen LogP contribution in [0.2, 0.25) is 10.0 Å². The second-order valence-corrected chi connectivity index (χ2v) is 8.35. The molecule has 7 nitrogen and oxygen atoms in total. The van der Waals surface area contributed by atoms with Gasteiger partial charge in [-0.15, -0.1) is 0 Å². The van der Waals surface area contributed by atoms with Crippen LogP contribution < -0.4 is 9.73 Å². The Morgan fingerprint density at radius 3 is 2.52 bits per heavy atom.